The van der Waals surface area contributed by atoms with E-state index in [1.807, 2.05) is 0 Å². The Morgan fingerprint density at radius 1 is 1.46 bits per heavy atom. The van der Waals surface area contributed by atoms with Gasteiger partial charge in [0.25, 0.3) is 11.6 Å². The molecule has 0 aliphatic carbocycles. The number of amides is 1. The second-order valence-electron chi connectivity index (χ2n) is 6.11. The van der Waals surface area contributed by atoms with Crippen molar-refractivity contribution in [1.29, 1.82) is 0 Å². The van der Waals surface area contributed by atoms with E-state index >= 15 is 0 Å². The molecule has 1 aromatic carbocycles. The number of hydrogen-bond acceptors (Lipinski definition) is 5. The molecular formula is C16H20N2O6. The van der Waals surface area contributed by atoms with Gasteiger partial charge in [-0.25, -0.2) is 0 Å². The maximum atomic E-state index is 12.7. The first-order valence-electron chi connectivity index (χ1n) is 7.57. The molecule has 24 heavy (non-hydrogen) atoms. The summed E-state index contributed by atoms with van der Waals surface area (Å²) >= 11 is 0. The highest BCUT2D eigenvalue weighted by atomic mass is 16.6. The minimum Gasteiger partial charge on any atom is -0.481 e. The van der Waals surface area contributed by atoms with Crippen LogP contribution in [0.15, 0.2) is 18.2 Å². The third kappa shape index (κ3) is 3.38. The number of aryl methyl sites for hydroxylation is 1. The van der Waals surface area contributed by atoms with E-state index in [4.69, 9.17) is 4.74 Å². The number of carboxylic acid groups (broad SMARTS) is 1. The number of nitro groups is 1. The zero-order chi connectivity index (χ0) is 17.9. The highest BCUT2D eigenvalue weighted by Gasteiger charge is 2.44. The number of carbonyl (C=O) groups is 2. The molecule has 0 radical (unpaired) electrons. The number of nitro benzene ring substituents is 1. The van der Waals surface area contributed by atoms with Gasteiger partial charge >= 0.3 is 5.97 Å². The molecule has 1 N–H and O–H groups in total. The van der Waals surface area contributed by atoms with Gasteiger partial charge in [0.05, 0.1) is 11.5 Å². The Balaban J connectivity index is 2.26. The van der Waals surface area contributed by atoms with Crippen molar-refractivity contribution in [2.24, 2.45) is 5.41 Å². The second kappa shape index (κ2) is 6.96. The average molecular weight is 336 g/mol. The van der Waals surface area contributed by atoms with Gasteiger partial charge in [-0.3, -0.25) is 19.7 Å². The van der Waals surface area contributed by atoms with E-state index in [1.165, 1.54) is 30.2 Å². The monoisotopic (exact) mass is 336 g/mol. The van der Waals surface area contributed by atoms with Crippen LogP contribution in [0, 0.1) is 22.5 Å². The van der Waals surface area contributed by atoms with Crippen LogP contribution in [0.3, 0.4) is 0 Å². The summed E-state index contributed by atoms with van der Waals surface area (Å²) in [6, 6.07) is 4.05. The first-order chi connectivity index (χ1) is 11.3. The lowest BCUT2D eigenvalue weighted by Gasteiger charge is -2.39. The van der Waals surface area contributed by atoms with E-state index in [2.05, 4.69) is 0 Å². The van der Waals surface area contributed by atoms with Crippen LogP contribution in [0.2, 0.25) is 0 Å². The zero-order valence-electron chi connectivity index (χ0n) is 13.7. The van der Waals surface area contributed by atoms with Gasteiger partial charge in [0.15, 0.2) is 0 Å². The summed E-state index contributed by atoms with van der Waals surface area (Å²) in [5, 5.41) is 20.3. The van der Waals surface area contributed by atoms with Gasteiger partial charge in [-0.1, -0.05) is 0 Å². The van der Waals surface area contributed by atoms with E-state index in [0.29, 0.717) is 30.5 Å². The van der Waals surface area contributed by atoms with Gasteiger partial charge in [0.2, 0.25) is 0 Å². The van der Waals surface area contributed by atoms with Crippen molar-refractivity contribution in [2.45, 2.75) is 19.8 Å². The number of likely N-dealkylation sites (tertiary alicyclic amines) is 1. The van der Waals surface area contributed by atoms with Gasteiger partial charge in [-0.15, -0.1) is 0 Å². The molecule has 8 heteroatoms. The quantitative estimate of drug-likeness (QED) is 0.649. The summed E-state index contributed by atoms with van der Waals surface area (Å²) in [7, 11) is 1.44. The standard InChI is InChI=1S/C16H20N2O6/c1-11-8-12(18(22)23)4-5-13(11)14(19)17-7-3-6-16(9-17,10-24-2)15(20)21/h4-5,8H,3,6-7,9-10H2,1-2H3,(H,20,21). The van der Waals surface area contributed by atoms with Gasteiger partial charge in [-0.2, -0.15) is 0 Å². The smallest absolute Gasteiger partial charge is 0.313 e. The number of nitrogens with zero attached hydrogens (tertiary/aromatic N) is 2. The molecule has 0 spiro atoms. The molecule has 1 unspecified atom stereocenters. The Hall–Kier alpha value is -2.48. The maximum absolute atomic E-state index is 12.7. The van der Waals surface area contributed by atoms with Crippen LogP contribution in [0.25, 0.3) is 0 Å². The second-order valence-corrected chi connectivity index (χ2v) is 6.11. The van der Waals surface area contributed by atoms with Crippen LogP contribution in [0.1, 0.15) is 28.8 Å². The van der Waals surface area contributed by atoms with E-state index < -0.39 is 16.3 Å². The van der Waals surface area contributed by atoms with E-state index in [1.54, 1.807) is 6.92 Å². The molecule has 130 valence electrons. The lowest BCUT2D eigenvalue weighted by atomic mass is 9.80. The number of non-ortho nitro benzene ring substituents is 1. The third-order valence-electron chi connectivity index (χ3n) is 4.39. The number of rotatable bonds is 5. The molecule has 0 bridgehead atoms. The highest BCUT2D eigenvalue weighted by Crippen LogP contribution is 2.32. The van der Waals surface area contributed by atoms with Gasteiger partial charge < -0.3 is 14.7 Å². The van der Waals surface area contributed by atoms with Gasteiger partial charge in [-0.05, 0) is 31.4 Å². The SMILES string of the molecule is COCC1(C(=O)O)CCCN(C(=O)c2ccc([N+](=O)[O-])cc2C)C1. The number of ether oxygens (including phenoxy) is 1. The Labute approximate surface area is 139 Å². The minimum absolute atomic E-state index is 0.0331. The highest BCUT2D eigenvalue weighted by molar-refractivity contribution is 5.96. The average Bonchev–Trinajstić information content (AvgIpc) is 2.54. The minimum atomic E-state index is -1.11. The van der Waals surface area contributed by atoms with Crippen LogP contribution in [-0.4, -0.2) is 53.6 Å². The fourth-order valence-electron chi connectivity index (χ4n) is 3.11. The summed E-state index contributed by atoms with van der Waals surface area (Å²) in [5.74, 6) is -1.30. The van der Waals surface area contributed by atoms with Crippen LogP contribution in [-0.2, 0) is 9.53 Å². The van der Waals surface area contributed by atoms with Crippen molar-refractivity contribution in [1.82, 2.24) is 4.90 Å². The lowest BCUT2D eigenvalue weighted by molar-refractivity contribution is -0.384. The topological polar surface area (TPSA) is 110 Å². The number of carbonyl (C=O) groups excluding carboxylic acids is 1. The number of carboxylic acids is 1. The van der Waals surface area contributed by atoms with Crippen molar-refractivity contribution in [3.63, 3.8) is 0 Å². The molecule has 1 aromatic rings. The van der Waals surface area contributed by atoms with Crippen molar-refractivity contribution >= 4 is 17.6 Å². The lowest BCUT2D eigenvalue weighted by Crippen LogP contribution is -2.52. The summed E-state index contributed by atoms with van der Waals surface area (Å²) in [4.78, 5) is 36.2. The van der Waals surface area contributed by atoms with E-state index in [9.17, 15) is 24.8 Å². The van der Waals surface area contributed by atoms with Crippen molar-refractivity contribution < 1.29 is 24.4 Å². The van der Waals surface area contributed by atoms with Crippen LogP contribution in [0.5, 0.6) is 0 Å². The van der Waals surface area contributed by atoms with Crippen molar-refractivity contribution in [3.8, 4) is 0 Å². The Morgan fingerprint density at radius 2 is 2.17 bits per heavy atom. The predicted octanol–water partition coefficient (Wildman–Crippen LogP) is 1.86. The first kappa shape index (κ1) is 17.9. The number of piperidine rings is 1. The van der Waals surface area contributed by atoms with Crippen LogP contribution < -0.4 is 0 Å². The molecule has 1 aliphatic heterocycles. The molecule has 2 rings (SSSR count). The third-order valence-corrected chi connectivity index (χ3v) is 4.39. The zero-order valence-corrected chi connectivity index (χ0v) is 13.7. The molecule has 1 amide bonds. The molecule has 1 aliphatic rings. The summed E-state index contributed by atoms with van der Waals surface area (Å²) in [6.45, 7) is 2.18. The number of aliphatic carboxylic acids is 1. The molecule has 0 saturated carbocycles. The Kier molecular flexibility index (Phi) is 5.18. The molecule has 8 nitrogen and oxygen atoms in total. The molecule has 1 fully saturated rings. The number of hydrogen-bond donors (Lipinski definition) is 1. The molecule has 1 atom stereocenters. The Morgan fingerprint density at radius 3 is 2.71 bits per heavy atom. The van der Waals surface area contributed by atoms with Crippen LogP contribution >= 0.6 is 0 Å². The number of methoxy groups -OCH3 is 1. The summed E-state index contributed by atoms with van der Waals surface area (Å²) < 4.78 is 5.05. The van der Waals surface area contributed by atoms with E-state index in [0.717, 1.165) is 0 Å². The summed E-state index contributed by atoms with van der Waals surface area (Å²) in [5.41, 5.74) is -0.356. The normalized spacial score (nSPS) is 20.7. The summed E-state index contributed by atoms with van der Waals surface area (Å²) in [6.07, 6.45) is 1.01. The molecule has 1 saturated heterocycles. The first-order valence-corrected chi connectivity index (χ1v) is 7.57. The maximum Gasteiger partial charge on any atom is 0.313 e. The number of benzene rings is 1. The fourth-order valence-corrected chi connectivity index (χ4v) is 3.11. The van der Waals surface area contributed by atoms with Gasteiger partial charge in [0, 0.05) is 37.9 Å². The largest absolute Gasteiger partial charge is 0.481 e. The Bertz CT molecular complexity index is 671. The van der Waals surface area contributed by atoms with Crippen LogP contribution in [0.4, 0.5) is 5.69 Å². The molecule has 1 heterocycles. The fraction of sp³-hybridized carbons (Fsp3) is 0.500. The van der Waals surface area contributed by atoms with Crippen molar-refractivity contribution in [2.75, 3.05) is 26.8 Å². The molecular weight excluding hydrogens is 316 g/mol. The molecule has 0 aromatic heterocycles. The van der Waals surface area contributed by atoms with Gasteiger partial charge in [0.1, 0.15) is 5.41 Å². The van der Waals surface area contributed by atoms with E-state index in [-0.39, 0.29) is 24.7 Å². The predicted molar refractivity (Wildman–Crippen MR) is 84.9 cm³/mol. The van der Waals surface area contributed by atoms with Crippen molar-refractivity contribution in [3.05, 3.63) is 39.4 Å².